The summed E-state index contributed by atoms with van der Waals surface area (Å²) in [4.78, 5) is 11.2. The lowest BCUT2D eigenvalue weighted by Gasteiger charge is -2.13. The Kier molecular flexibility index (Phi) is 9.95. The van der Waals surface area contributed by atoms with Crippen LogP contribution in [0.3, 0.4) is 0 Å². The highest BCUT2D eigenvalue weighted by molar-refractivity contribution is 9.10. The summed E-state index contributed by atoms with van der Waals surface area (Å²) in [5.41, 5.74) is 1.63. The molecule has 1 N–H and O–H groups in total. The minimum absolute atomic E-state index is 0.284. The van der Waals surface area contributed by atoms with Crippen LogP contribution in [0.4, 0.5) is 0 Å². The standard InChI is InChI=1S/C24H25BrO6/c1-4-30-23(24(26)27)15-18-9-10-22(21(25)14-18)31-11-7-5-6-8-17-12-19(28-2)16-20(13-17)29-3/h5,7,9-10,12-14,16,23H,4,11,15H2,1-3H3,(H,26,27). The van der Waals surface area contributed by atoms with Crippen LogP contribution in [0, 0.1) is 11.8 Å². The maximum atomic E-state index is 11.2. The van der Waals surface area contributed by atoms with Crippen LogP contribution < -0.4 is 14.2 Å². The van der Waals surface area contributed by atoms with Crippen molar-refractivity contribution >= 4 is 21.9 Å². The fourth-order valence-electron chi connectivity index (χ4n) is 2.67. The molecule has 7 heteroatoms. The number of benzene rings is 2. The molecule has 0 heterocycles. The van der Waals surface area contributed by atoms with Crippen molar-refractivity contribution in [1.29, 1.82) is 0 Å². The van der Waals surface area contributed by atoms with Crippen LogP contribution in [0.1, 0.15) is 18.1 Å². The van der Waals surface area contributed by atoms with Gasteiger partial charge < -0.3 is 24.1 Å². The molecule has 0 amide bonds. The molecule has 0 fully saturated rings. The van der Waals surface area contributed by atoms with E-state index in [1.807, 2.05) is 24.3 Å². The van der Waals surface area contributed by atoms with Crippen LogP contribution in [-0.2, 0) is 16.0 Å². The average molecular weight is 489 g/mol. The van der Waals surface area contributed by atoms with E-state index in [-0.39, 0.29) is 6.42 Å². The van der Waals surface area contributed by atoms with Gasteiger partial charge in [0.15, 0.2) is 6.10 Å². The molecule has 0 bridgehead atoms. The first-order valence-electron chi connectivity index (χ1n) is 9.62. The van der Waals surface area contributed by atoms with E-state index in [4.69, 9.17) is 18.9 Å². The number of hydrogen-bond donors (Lipinski definition) is 1. The average Bonchev–Trinajstić information content (AvgIpc) is 2.76. The van der Waals surface area contributed by atoms with Crippen molar-refractivity contribution in [3.05, 3.63) is 64.1 Å². The van der Waals surface area contributed by atoms with E-state index in [9.17, 15) is 9.90 Å². The highest BCUT2D eigenvalue weighted by Crippen LogP contribution is 2.27. The molecule has 6 nitrogen and oxygen atoms in total. The molecule has 0 aromatic heterocycles. The number of halogens is 1. The Morgan fingerprint density at radius 2 is 1.87 bits per heavy atom. The Labute approximate surface area is 190 Å². The molecule has 0 aliphatic carbocycles. The number of ether oxygens (including phenoxy) is 4. The third-order valence-corrected chi connectivity index (χ3v) is 4.78. The Morgan fingerprint density at radius 1 is 1.16 bits per heavy atom. The minimum Gasteiger partial charge on any atom is -0.497 e. The second kappa shape index (κ2) is 12.7. The molecule has 31 heavy (non-hydrogen) atoms. The molecule has 2 aromatic rings. The maximum absolute atomic E-state index is 11.2. The van der Waals surface area contributed by atoms with E-state index in [2.05, 4.69) is 27.8 Å². The fourth-order valence-corrected chi connectivity index (χ4v) is 3.21. The molecule has 0 radical (unpaired) electrons. The van der Waals surface area contributed by atoms with Gasteiger partial charge in [-0.1, -0.05) is 17.9 Å². The lowest BCUT2D eigenvalue weighted by atomic mass is 10.1. The van der Waals surface area contributed by atoms with Crippen LogP contribution in [0.5, 0.6) is 17.2 Å². The molecule has 1 unspecified atom stereocenters. The zero-order valence-corrected chi connectivity index (χ0v) is 19.3. The first-order valence-corrected chi connectivity index (χ1v) is 10.4. The van der Waals surface area contributed by atoms with E-state index in [1.54, 1.807) is 45.4 Å². The van der Waals surface area contributed by atoms with Crippen LogP contribution in [0.25, 0.3) is 0 Å². The van der Waals surface area contributed by atoms with Gasteiger partial charge in [0.25, 0.3) is 0 Å². The second-order valence-electron chi connectivity index (χ2n) is 6.34. The zero-order valence-electron chi connectivity index (χ0n) is 17.7. The Balaban J connectivity index is 1.92. The quantitative estimate of drug-likeness (QED) is 0.496. The van der Waals surface area contributed by atoms with Gasteiger partial charge in [0, 0.05) is 24.7 Å². The van der Waals surface area contributed by atoms with Crippen molar-refractivity contribution in [2.75, 3.05) is 27.4 Å². The maximum Gasteiger partial charge on any atom is 0.333 e. The van der Waals surface area contributed by atoms with Gasteiger partial charge in [-0.15, -0.1) is 0 Å². The van der Waals surface area contributed by atoms with Crippen molar-refractivity contribution in [2.24, 2.45) is 0 Å². The van der Waals surface area contributed by atoms with Gasteiger partial charge in [-0.05, 0) is 64.8 Å². The van der Waals surface area contributed by atoms with E-state index in [1.165, 1.54) is 0 Å². The van der Waals surface area contributed by atoms with Crippen LogP contribution >= 0.6 is 15.9 Å². The largest absolute Gasteiger partial charge is 0.497 e. The molecule has 2 aromatic carbocycles. The molecule has 2 rings (SSSR count). The van der Waals surface area contributed by atoms with Gasteiger partial charge in [-0.3, -0.25) is 0 Å². The minimum atomic E-state index is -0.975. The van der Waals surface area contributed by atoms with Crippen LogP contribution in [0.2, 0.25) is 0 Å². The summed E-state index contributed by atoms with van der Waals surface area (Å²) < 4.78 is 22.2. The monoisotopic (exact) mass is 488 g/mol. The molecule has 164 valence electrons. The SMILES string of the molecule is CCOC(Cc1ccc(OCC=CC#Cc2cc(OC)cc(OC)c2)c(Br)c1)C(=O)O. The number of carbonyl (C=O) groups is 1. The second-order valence-corrected chi connectivity index (χ2v) is 7.19. The van der Waals surface area contributed by atoms with Gasteiger partial charge in [0.05, 0.1) is 18.7 Å². The molecular weight excluding hydrogens is 464 g/mol. The van der Waals surface area contributed by atoms with E-state index < -0.39 is 12.1 Å². The molecule has 1 atom stereocenters. The number of carboxylic acids is 1. The predicted molar refractivity (Wildman–Crippen MR) is 122 cm³/mol. The Hall–Kier alpha value is -2.95. The highest BCUT2D eigenvalue weighted by Gasteiger charge is 2.18. The molecule has 0 saturated heterocycles. The molecule has 0 aliphatic heterocycles. The number of rotatable bonds is 10. The van der Waals surface area contributed by atoms with Crippen molar-refractivity contribution in [3.8, 4) is 29.1 Å². The van der Waals surface area contributed by atoms with Crippen LogP contribution in [-0.4, -0.2) is 44.6 Å². The summed E-state index contributed by atoms with van der Waals surface area (Å²) >= 11 is 3.46. The highest BCUT2D eigenvalue weighted by atomic mass is 79.9. The summed E-state index contributed by atoms with van der Waals surface area (Å²) in [6.07, 6.45) is 2.94. The van der Waals surface area contributed by atoms with E-state index in [0.29, 0.717) is 30.5 Å². The molecule has 0 spiro atoms. The number of aliphatic carboxylic acids is 1. The predicted octanol–water partition coefficient (Wildman–Crippen LogP) is 4.49. The van der Waals surface area contributed by atoms with Gasteiger partial charge in [-0.25, -0.2) is 4.79 Å². The van der Waals surface area contributed by atoms with Crippen molar-refractivity contribution in [3.63, 3.8) is 0 Å². The van der Waals surface area contributed by atoms with Gasteiger partial charge in [0.2, 0.25) is 0 Å². The lowest BCUT2D eigenvalue weighted by Crippen LogP contribution is -2.26. The summed E-state index contributed by atoms with van der Waals surface area (Å²) in [5.74, 6) is 7.02. The smallest absolute Gasteiger partial charge is 0.333 e. The summed E-state index contributed by atoms with van der Waals surface area (Å²) in [6, 6.07) is 10.9. The zero-order chi connectivity index (χ0) is 22.6. The Bertz CT molecular complexity index is 952. The van der Waals surface area contributed by atoms with Gasteiger partial charge in [-0.2, -0.15) is 0 Å². The normalized spacial score (nSPS) is 11.5. The van der Waals surface area contributed by atoms with Gasteiger partial charge in [0.1, 0.15) is 23.9 Å². The first kappa shape index (κ1) is 24.3. The van der Waals surface area contributed by atoms with Gasteiger partial charge >= 0.3 is 5.97 Å². The Morgan fingerprint density at radius 3 is 2.45 bits per heavy atom. The van der Waals surface area contributed by atoms with E-state index >= 15 is 0 Å². The lowest BCUT2D eigenvalue weighted by molar-refractivity contribution is -0.149. The number of methoxy groups -OCH3 is 2. The summed E-state index contributed by atoms with van der Waals surface area (Å²) in [7, 11) is 3.19. The summed E-state index contributed by atoms with van der Waals surface area (Å²) in [6.45, 7) is 2.46. The molecule has 0 saturated carbocycles. The van der Waals surface area contributed by atoms with E-state index in [0.717, 1.165) is 15.6 Å². The van der Waals surface area contributed by atoms with Crippen molar-refractivity contribution < 1.29 is 28.8 Å². The topological polar surface area (TPSA) is 74.2 Å². The third-order valence-electron chi connectivity index (χ3n) is 4.16. The number of hydrogen-bond acceptors (Lipinski definition) is 5. The van der Waals surface area contributed by atoms with Crippen LogP contribution in [0.15, 0.2) is 53.0 Å². The van der Waals surface area contributed by atoms with Crippen molar-refractivity contribution in [2.45, 2.75) is 19.4 Å². The number of carboxylic acid groups (broad SMARTS) is 1. The molecular formula is C24H25BrO6. The third kappa shape index (κ3) is 8.00. The molecule has 0 aliphatic rings. The van der Waals surface area contributed by atoms with Crippen molar-refractivity contribution in [1.82, 2.24) is 0 Å². The summed E-state index contributed by atoms with van der Waals surface area (Å²) in [5, 5.41) is 9.21. The first-order chi connectivity index (χ1) is 15.0. The fraction of sp³-hybridized carbons (Fsp3) is 0.292. The number of allylic oxidation sites excluding steroid dienone is 1.